The lowest BCUT2D eigenvalue weighted by Gasteiger charge is -2.06. The summed E-state index contributed by atoms with van der Waals surface area (Å²) in [6.45, 7) is 0. The third-order valence-corrected chi connectivity index (χ3v) is 1.40. The molecule has 0 fully saturated rings. The minimum absolute atomic E-state index is 0.104. The number of nitrogens with two attached hydrogens (primary N) is 1. The van der Waals surface area contributed by atoms with Crippen LogP contribution in [0.3, 0.4) is 0 Å². The monoisotopic (exact) mass is 167 g/mol. The van der Waals surface area contributed by atoms with Crippen LogP contribution < -0.4 is 5.73 Å². The molecule has 0 bridgehead atoms. The first-order chi connectivity index (χ1) is 5.70. The third-order valence-electron chi connectivity index (χ3n) is 1.40. The maximum atomic E-state index is 10.3. The van der Waals surface area contributed by atoms with E-state index in [2.05, 4.69) is 9.97 Å². The highest BCUT2D eigenvalue weighted by Gasteiger charge is 2.10. The average Bonchev–Trinajstić information content (AvgIpc) is 2.05. The van der Waals surface area contributed by atoms with E-state index < -0.39 is 12.0 Å². The molecule has 5 nitrogen and oxygen atoms in total. The van der Waals surface area contributed by atoms with Gasteiger partial charge in [-0.3, -0.25) is 4.79 Å². The topological polar surface area (TPSA) is 89.1 Å². The van der Waals surface area contributed by atoms with Crippen molar-refractivity contribution in [2.45, 2.75) is 12.5 Å². The number of hydrogen-bond acceptors (Lipinski definition) is 4. The van der Waals surface area contributed by atoms with E-state index in [-0.39, 0.29) is 6.42 Å². The van der Waals surface area contributed by atoms with Crippen LogP contribution in [0.15, 0.2) is 18.7 Å². The summed E-state index contributed by atoms with van der Waals surface area (Å²) in [4.78, 5) is 17.7. The van der Waals surface area contributed by atoms with Crippen LogP contribution in [0.25, 0.3) is 0 Å². The summed E-state index contributed by atoms with van der Waals surface area (Å²) in [6, 6.07) is -0.524. The Bertz CT molecular complexity index is 263. The van der Waals surface area contributed by atoms with Gasteiger partial charge in [-0.25, -0.2) is 9.97 Å². The molecule has 0 radical (unpaired) electrons. The normalized spacial score (nSPS) is 12.4. The van der Waals surface area contributed by atoms with Crippen molar-refractivity contribution in [3.05, 3.63) is 24.3 Å². The second kappa shape index (κ2) is 3.77. The minimum atomic E-state index is -0.925. The van der Waals surface area contributed by atoms with Gasteiger partial charge < -0.3 is 10.8 Å². The van der Waals surface area contributed by atoms with E-state index in [4.69, 9.17) is 10.8 Å². The zero-order valence-corrected chi connectivity index (χ0v) is 6.34. The summed E-state index contributed by atoms with van der Waals surface area (Å²) in [5, 5.41) is 8.42. The van der Waals surface area contributed by atoms with Gasteiger partial charge in [-0.15, -0.1) is 0 Å². The van der Waals surface area contributed by atoms with Crippen molar-refractivity contribution >= 4 is 5.97 Å². The molecule has 1 aromatic heterocycles. The first kappa shape index (κ1) is 8.61. The second-order valence-electron chi connectivity index (χ2n) is 2.38. The van der Waals surface area contributed by atoms with Gasteiger partial charge in [0.15, 0.2) is 0 Å². The van der Waals surface area contributed by atoms with Crippen molar-refractivity contribution in [2.24, 2.45) is 5.73 Å². The molecule has 3 N–H and O–H groups in total. The van der Waals surface area contributed by atoms with E-state index in [0.717, 1.165) is 0 Å². The maximum Gasteiger partial charge on any atom is 0.305 e. The van der Waals surface area contributed by atoms with Gasteiger partial charge in [-0.2, -0.15) is 0 Å². The molecule has 12 heavy (non-hydrogen) atoms. The van der Waals surface area contributed by atoms with Crippen molar-refractivity contribution in [1.82, 2.24) is 9.97 Å². The second-order valence-corrected chi connectivity index (χ2v) is 2.38. The Morgan fingerprint density at radius 2 is 2.17 bits per heavy atom. The molecule has 0 aromatic carbocycles. The van der Waals surface area contributed by atoms with E-state index in [1.807, 2.05) is 0 Å². The van der Waals surface area contributed by atoms with E-state index >= 15 is 0 Å². The molecule has 1 rings (SSSR count). The predicted molar refractivity (Wildman–Crippen MR) is 41.2 cm³/mol. The average molecular weight is 167 g/mol. The number of hydrogen-bond donors (Lipinski definition) is 2. The smallest absolute Gasteiger partial charge is 0.305 e. The number of aromatic nitrogens is 2. The van der Waals surface area contributed by atoms with Crippen LogP contribution in [0.2, 0.25) is 0 Å². The molecular weight excluding hydrogens is 158 g/mol. The van der Waals surface area contributed by atoms with Gasteiger partial charge in [-0.1, -0.05) is 0 Å². The Hall–Kier alpha value is -1.49. The zero-order valence-electron chi connectivity index (χ0n) is 6.34. The number of rotatable bonds is 3. The Kier molecular flexibility index (Phi) is 2.71. The predicted octanol–water partition coefficient (Wildman–Crippen LogP) is -0.0489. The van der Waals surface area contributed by atoms with Crippen molar-refractivity contribution < 1.29 is 9.90 Å². The lowest BCUT2D eigenvalue weighted by molar-refractivity contribution is -0.137. The van der Waals surface area contributed by atoms with Gasteiger partial charge in [0.25, 0.3) is 0 Å². The summed E-state index contributed by atoms with van der Waals surface area (Å²) < 4.78 is 0. The fourth-order valence-corrected chi connectivity index (χ4v) is 0.808. The number of carboxylic acids is 1. The first-order valence-electron chi connectivity index (χ1n) is 3.42. The van der Waals surface area contributed by atoms with Gasteiger partial charge in [0.1, 0.15) is 6.33 Å². The highest BCUT2D eigenvalue weighted by Crippen LogP contribution is 2.10. The number of nitrogens with zero attached hydrogens (tertiary/aromatic N) is 2. The summed E-state index contributed by atoms with van der Waals surface area (Å²) in [6.07, 6.45) is 4.30. The number of carbonyl (C=O) groups is 1. The summed E-state index contributed by atoms with van der Waals surface area (Å²) in [5.41, 5.74) is 6.17. The van der Waals surface area contributed by atoms with Gasteiger partial charge in [0.05, 0.1) is 6.42 Å². The van der Waals surface area contributed by atoms with E-state index in [1.54, 1.807) is 0 Å². The largest absolute Gasteiger partial charge is 0.481 e. The molecule has 1 unspecified atom stereocenters. The Labute approximate surface area is 69.3 Å². The molecule has 1 atom stereocenters. The number of aliphatic carboxylic acids is 1. The lowest BCUT2D eigenvalue weighted by atomic mass is 10.1. The SMILES string of the molecule is NC(CC(=O)O)c1cncnc1. The van der Waals surface area contributed by atoms with Crippen molar-refractivity contribution in [3.63, 3.8) is 0 Å². The molecule has 1 heterocycles. The summed E-state index contributed by atoms with van der Waals surface area (Å²) in [7, 11) is 0. The van der Waals surface area contributed by atoms with Crippen LogP contribution in [0.1, 0.15) is 18.0 Å². The fourth-order valence-electron chi connectivity index (χ4n) is 0.808. The molecule has 0 aliphatic rings. The quantitative estimate of drug-likeness (QED) is 0.658. The van der Waals surface area contributed by atoms with E-state index in [0.29, 0.717) is 5.56 Å². The molecule has 0 spiro atoms. The van der Waals surface area contributed by atoms with Crippen LogP contribution >= 0.6 is 0 Å². The van der Waals surface area contributed by atoms with Gasteiger partial charge >= 0.3 is 5.97 Å². The van der Waals surface area contributed by atoms with Crippen LogP contribution in [-0.2, 0) is 4.79 Å². The zero-order chi connectivity index (χ0) is 8.97. The molecule has 0 amide bonds. The third kappa shape index (κ3) is 2.28. The Morgan fingerprint density at radius 3 is 2.67 bits per heavy atom. The van der Waals surface area contributed by atoms with Gasteiger partial charge in [0.2, 0.25) is 0 Å². The van der Waals surface area contributed by atoms with Crippen molar-refractivity contribution in [2.75, 3.05) is 0 Å². The lowest BCUT2D eigenvalue weighted by Crippen LogP contribution is -2.15. The Morgan fingerprint density at radius 1 is 1.58 bits per heavy atom. The molecule has 5 heteroatoms. The molecule has 1 aromatic rings. The van der Waals surface area contributed by atoms with E-state index in [9.17, 15) is 4.79 Å². The summed E-state index contributed by atoms with van der Waals surface area (Å²) in [5.74, 6) is -0.925. The maximum absolute atomic E-state index is 10.3. The van der Waals surface area contributed by atoms with Crippen LogP contribution in [-0.4, -0.2) is 21.0 Å². The van der Waals surface area contributed by atoms with E-state index in [1.165, 1.54) is 18.7 Å². The number of carboxylic acid groups (broad SMARTS) is 1. The molecule has 0 aliphatic heterocycles. The van der Waals surface area contributed by atoms with Crippen LogP contribution in [0.4, 0.5) is 0 Å². The van der Waals surface area contributed by atoms with Gasteiger partial charge in [0, 0.05) is 24.0 Å². The molecule has 0 saturated carbocycles. The standard InChI is InChI=1S/C7H9N3O2/c8-6(1-7(11)12)5-2-9-4-10-3-5/h2-4,6H,1,8H2,(H,11,12). The molecule has 64 valence electrons. The first-order valence-corrected chi connectivity index (χ1v) is 3.42. The summed E-state index contributed by atoms with van der Waals surface area (Å²) >= 11 is 0. The van der Waals surface area contributed by atoms with Crippen LogP contribution in [0.5, 0.6) is 0 Å². The van der Waals surface area contributed by atoms with Crippen LogP contribution in [0, 0.1) is 0 Å². The van der Waals surface area contributed by atoms with Crippen molar-refractivity contribution in [3.8, 4) is 0 Å². The fraction of sp³-hybridized carbons (Fsp3) is 0.286. The molecule has 0 saturated heterocycles. The Balaban J connectivity index is 2.65. The highest BCUT2D eigenvalue weighted by molar-refractivity contribution is 5.67. The molecule has 0 aliphatic carbocycles. The van der Waals surface area contributed by atoms with Crippen molar-refractivity contribution in [1.29, 1.82) is 0 Å². The highest BCUT2D eigenvalue weighted by atomic mass is 16.4. The minimum Gasteiger partial charge on any atom is -0.481 e. The molecular formula is C7H9N3O2. The van der Waals surface area contributed by atoms with Gasteiger partial charge in [-0.05, 0) is 0 Å².